The van der Waals surface area contributed by atoms with E-state index in [0.717, 1.165) is 0 Å². The summed E-state index contributed by atoms with van der Waals surface area (Å²) >= 11 is 0. The van der Waals surface area contributed by atoms with Crippen molar-refractivity contribution in [1.82, 2.24) is 5.32 Å². The van der Waals surface area contributed by atoms with Crippen molar-refractivity contribution in [3.05, 3.63) is 29.8 Å². The lowest BCUT2D eigenvalue weighted by molar-refractivity contribution is -0.147. The van der Waals surface area contributed by atoms with Crippen LogP contribution >= 0.6 is 0 Å². The van der Waals surface area contributed by atoms with Crippen molar-refractivity contribution in [2.75, 3.05) is 5.32 Å². The fraction of sp³-hybridized carbons (Fsp3) is 0.438. The lowest BCUT2D eigenvalue weighted by Gasteiger charge is -2.20. The van der Waals surface area contributed by atoms with Crippen molar-refractivity contribution < 1.29 is 19.5 Å². The first-order chi connectivity index (χ1) is 10.1. The first kappa shape index (κ1) is 16.0. The zero-order chi connectivity index (χ0) is 16.5. The number of amides is 2. The van der Waals surface area contributed by atoms with Gasteiger partial charge in [-0.3, -0.25) is 14.4 Å². The molecule has 1 aliphatic rings. The Morgan fingerprint density at radius 3 is 2.05 bits per heavy atom. The standard InChI is InChI=1S/C16H20N2O4/c1-15(2,3)18-12(19)10-4-6-11(7-5-10)17-13(20)16(8-9-16)14(21)22/h4-7H,8-9H2,1-3H3,(H,17,20)(H,18,19)(H,21,22). The second-order valence-electron chi connectivity index (χ2n) is 6.62. The number of benzene rings is 1. The smallest absolute Gasteiger partial charge is 0.319 e. The Morgan fingerprint density at radius 2 is 1.64 bits per heavy atom. The van der Waals surface area contributed by atoms with Gasteiger partial charge in [-0.1, -0.05) is 0 Å². The molecule has 6 heteroatoms. The SMILES string of the molecule is CC(C)(C)NC(=O)c1ccc(NC(=O)C2(C(=O)O)CC2)cc1. The molecule has 2 amide bonds. The summed E-state index contributed by atoms with van der Waals surface area (Å²) in [6, 6.07) is 6.37. The highest BCUT2D eigenvalue weighted by atomic mass is 16.4. The minimum atomic E-state index is -1.28. The van der Waals surface area contributed by atoms with Crippen LogP contribution in [0.5, 0.6) is 0 Å². The van der Waals surface area contributed by atoms with Crippen molar-refractivity contribution in [2.24, 2.45) is 5.41 Å². The molecule has 0 saturated heterocycles. The van der Waals surface area contributed by atoms with Gasteiger partial charge in [-0.15, -0.1) is 0 Å². The number of hydrogen-bond donors (Lipinski definition) is 3. The summed E-state index contributed by atoms with van der Waals surface area (Å²) in [5.74, 6) is -1.80. The molecule has 0 heterocycles. The van der Waals surface area contributed by atoms with E-state index in [-0.39, 0.29) is 11.4 Å². The number of anilines is 1. The molecule has 6 nitrogen and oxygen atoms in total. The number of carbonyl (C=O) groups excluding carboxylic acids is 2. The van der Waals surface area contributed by atoms with Crippen LogP contribution in [0.15, 0.2) is 24.3 Å². The molecule has 1 aliphatic carbocycles. The van der Waals surface area contributed by atoms with E-state index in [2.05, 4.69) is 10.6 Å². The monoisotopic (exact) mass is 304 g/mol. The van der Waals surface area contributed by atoms with Gasteiger partial charge in [0.15, 0.2) is 0 Å². The van der Waals surface area contributed by atoms with E-state index < -0.39 is 17.3 Å². The van der Waals surface area contributed by atoms with Crippen LogP contribution in [0.2, 0.25) is 0 Å². The van der Waals surface area contributed by atoms with Crippen LogP contribution in [0.3, 0.4) is 0 Å². The van der Waals surface area contributed by atoms with Gasteiger partial charge in [0.25, 0.3) is 5.91 Å². The highest BCUT2D eigenvalue weighted by Crippen LogP contribution is 2.46. The summed E-state index contributed by atoms with van der Waals surface area (Å²) in [4.78, 5) is 35.0. The fourth-order valence-corrected chi connectivity index (χ4v) is 2.03. The minimum absolute atomic E-state index is 0.199. The van der Waals surface area contributed by atoms with Gasteiger partial charge in [0, 0.05) is 16.8 Å². The lowest BCUT2D eigenvalue weighted by Crippen LogP contribution is -2.40. The third-order valence-electron chi connectivity index (χ3n) is 3.49. The third kappa shape index (κ3) is 3.44. The predicted molar refractivity (Wildman–Crippen MR) is 81.6 cm³/mol. The largest absolute Gasteiger partial charge is 0.480 e. The molecule has 1 fully saturated rings. The quantitative estimate of drug-likeness (QED) is 0.742. The molecule has 0 spiro atoms. The van der Waals surface area contributed by atoms with Crippen molar-refractivity contribution in [3.63, 3.8) is 0 Å². The van der Waals surface area contributed by atoms with Gasteiger partial charge in [-0.25, -0.2) is 0 Å². The number of carboxylic acid groups (broad SMARTS) is 1. The number of nitrogens with one attached hydrogen (secondary N) is 2. The molecule has 22 heavy (non-hydrogen) atoms. The van der Waals surface area contributed by atoms with Gasteiger partial charge in [-0.05, 0) is 57.9 Å². The first-order valence-corrected chi connectivity index (χ1v) is 7.11. The molecule has 2 rings (SSSR count). The fourth-order valence-electron chi connectivity index (χ4n) is 2.03. The second-order valence-corrected chi connectivity index (χ2v) is 6.62. The molecule has 0 unspecified atom stereocenters. The van der Waals surface area contributed by atoms with Gasteiger partial charge in [0.1, 0.15) is 5.41 Å². The highest BCUT2D eigenvalue weighted by Gasteiger charge is 2.57. The third-order valence-corrected chi connectivity index (χ3v) is 3.49. The molecule has 0 radical (unpaired) electrons. The summed E-state index contributed by atoms with van der Waals surface area (Å²) in [6.07, 6.45) is 0.723. The number of carboxylic acids is 1. The van der Waals surface area contributed by atoms with E-state index in [4.69, 9.17) is 5.11 Å². The average Bonchev–Trinajstić information content (AvgIpc) is 3.18. The molecule has 0 bridgehead atoms. The van der Waals surface area contributed by atoms with Crippen LogP contribution in [0.1, 0.15) is 44.0 Å². The van der Waals surface area contributed by atoms with Crippen molar-refractivity contribution in [3.8, 4) is 0 Å². The van der Waals surface area contributed by atoms with E-state index in [1.165, 1.54) is 0 Å². The molecular weight excluding hydrogens is 284 g/mol. The van der Waals surface area contributed by atoms with Crippen LogP contribution in [0.25, 0.3) is 0 Å². The van der Waals surface area contributed by atoms with Crippen molar-refractivity contribution in [1.29, 1.82) is 0 Å². The lowest BCUT2D eigenvalue weighted by atomic mass is 10.1. The Balaban J connectivity index is 2.02. The van der Waals surface area contributed by atoms with Gasteiger partial charge in [0.2, 0.25) is 5.91 Å². The Morgan fingerprint density at radius 1 is 1.09 bits per heavy atom. The van der Waals surface area contributed by atoms with Crippen LogP contribution in [0, 0.1) is 5.41 Å². The summed E-state index contributed by atoms with van der Waals surface area (Å²) in [6.45, 7) is 5.67. The predicted octanol–water partition coefficient (Wildman–Crippen LogP) is 2.02. The highest BCUT2D eigenvalue weighted by molar-refractivity contribution is 6.10. The average molecular weight is 304 g/mol. The van der Waals surface area contributed by atoms with E-state index in [0.29, 0.717) is 24.1 Å². The molecule has 3 N–H and O–H groups in total. The maximum Gasteiger partial charge on any atom is 0.319 e. The summed E-state index contributed by atoms with van der Waals surface area (Å²) in [7, 11) is 0. The Hall–Kier alpha value is -2.37. The summed E-state index contributed by atoms with van der Waals surface area (Å²) in [5.41, 5.74) is -0.649. The molecule has 1 aromatic carbocycles. The Bertz CT molecular complexity index is 610. The van der Waals surface area contributed by atoms with Gasteiger partial charge in [0.05, 0.1) is 0 Å². The van der Waals surface area contributed by atoms with Gasteiger partial charge in [-0.2, -0.15) is 0 Å². The van der Waals surface area contributed by atoms with Crippen LogP contribution < -0.4 is 10.6 Å². The molecule has 1 saturated carbocycles. The minimum Gasteiger partial charge on any atom is -0.480 e. The van der Waals surface area contributed by atoms with E-state index in [1.807, 2.05) is 20.8 Å². The molecule has 1 aromatic rings. The second kappa shape index (κ2) is 5.44. The Labute approximate surface area is 128 Å². The maximum absolute atomic E-state index is 12.0. The number of rotatable bonds is 4. The normalized spacial score (nSPS) is 15.8. The molecule has 0 aliphatic heterocycles. The van der Waals surface area contributed by atoms with Crippen molar-refractivity contribution in [2.45, 2.75) is 39.2 Å². The zero-order valence-electron chi connectivity index (χ0n) is 12.9. The van der Waals surface area contributed by atoms with Gasteiger partial charge < -0.3 is 15.7 Å². The Kier molecular flexibility index (Phi) is 3.96. The zero-order valence-corrected chi connectivity index (χ0v) is 12.9. The van der Waals surface area contributed by atoms with Crippen LogP contribution in [-0.2, 0) is 9.59 Å². The van der Waals surface area contributed by atoms with E-state index in [1.54, 1.807) is 24.3 Å². The molecule has 0 aromatic heterocycles. The number of hydrogen-bond acceptors (Lipinski definition) is 3. The summed E-state index contributed by atoms with van der Waals surface area (Å²) < 4.78 is 0. The summed E-state index contributed by atoms with van der Waals surface area (Å²) in [5, 5.41) is 14.5. The van der Waals surface area contributed by atoms with Crippen LogP contribution in [0.4, 0.5) is 5.69 Å². The van der Waals surface area contributed by atoms with E-state index in [9.17, 15) is 14.4 Å². The maximum atomic E-state index is 12.0. The molecule has 0 atom stereocenters. The first-order valence-electron chi connectivity index (χ1n) is 7.11. The van der Waals surface area contributed by atoms with Crippen molar-refractivity contribution >= 4 is 23.5 Å². The molecule has 118 valence electrons. The number of aliphatic carboxylic acids is 1. The molecular formula is C16H20N2O4. The van der Waals surface area contributed by atoms with E-state index >= 15 is 0 Å². The topological polar surface area (TPSA) is 95.5 Å². The van der Waals surface area contributed by atoms with Gasteiger partial charge >= 0.3 is 5.97 Å². The number of carbonyl (C=O) groups is 3. The van der Waals surface area contributed by atoms with Crippen LogP contribution in [-0.4, -0.2) is 28.4 Å².